The van der Waals surface area contributed by atoms with Crippen molar-refractivity contribution >= 4 is 5.91 Å². The quantitative estimate of drug-likeness (QED) is 0.706. The van der Waals surface area contributed by atoms with E-state index in [-0.39, 0.29) is 0 Å². The predicted octanol–water partition coefficient (Wildman–Crippen LogP) is 4.11. The highest BCUT2D eigenvalue weighted by Gasteiger charge is 2.19. The summed E-state index contributed by atoms with van der Waals surface area (Å²) >= 11 is 0. The number of para-hydroxylation sites is 1. The molecular weight excluding hydrogens is 350 g/mol. The molecule has 0 bridgehead atoms. The number of pyridine rings is 1. The Bertz CT molecular complexity index is 949. The Hall–Kier alpha value is -3.18. The van der Waals surface area contributed by atoms with Crippen LogP contribution in [0.15, 0.2) is 66.9 Å². The zero-order chi connectivity index (χ0) is 19.3. The second kappa shape index (κ2) is 8.23. The van der Waals surface area contributed by atoms with Gasteiger partial charge in [0.05, 0.1) is 11.9 Å². The van der Waals surface area contributed by atoms with Crippen LogP contribution in [0.4, 0.5) is 0 Å². The number of nitrogens with zero attached hydrogens (tertiary/aromatic N) is 1. The summed E-state index contributed by atoms with van der Waals surface area (Å²) < 4.78 is 5.80. The Morgan fingerprint density at radius 1 is 1.00 bits per heavy atom. The lowest BCUT2D eigenvalue weighted by Crippen LogP contribution is -2.26. The molecule has 1 amide bonds. The zero-order valence-electron chi connectivity index (χ0n) is 15.6. The van der Waals surface area contributed by atoms with Crippen molar-refractivity contribution in [3.05, 3.63) is 78.0 Å². The molecule has 0 unspecified atom stereocenters. The number of amides is 1. The predicted molar refractivity (Wildman–Crippen MR) is 110 cm³/mol. The van der Waals surface area contributed by atoms with Crippen LogP contribution in [0, 0.1) is 0 Å². The van der Waals surface area contributed by atoms with Gasteiger partial charge in [0.25, 0.3) is 0 Å². The Kier molecular flexibility index (Phi) is 5.35. The summed E-state index contributed by atoms with van der Waals surface area (Å²) in [6.45, 7) is 2.03. The lowest BCUT2D eigenvalue weighted by Gasteiger charge is -2.23. The van der Waals surface area contributed by atoms with Gasteiger partial charge in [-0.3, -0.25) is 9.78 Å². The minimum atomic E-state index is -0.446. The highest BCUT2D eigenvalue weighted by molar-refractivity contribution is 5.99. The number of rotatable bonds is 5. The number of piperidine rings is 1. The van der Waals surface area contributed by atoms with Crippen LogP contribution in [-0.2, 0) is 0 Å². The molecule has 5 heteroatoms. The fourth-order valence-electron chi connectivity index (χ4n) is 3.62. The molecule has 0 saturated carbocycles. The summed E-state index contributed by atoms with van der Waals surface area (Å²) in [5, 5.41) is 3.39. The average Bonchev–Trinajstić information content (AvgIpc) is 2.75. The van der Waals surface area contributed by atoms with Gasteiger partial charge in [0.15, 0.2) is 0 Å². The number of hydrogen-bond acceptors (Lipinski definition) is 4. The summed E-state index contributed by atoms with van der Waals surface area (Å²) in [6.07, 6.45) is 3.85. The number of hydrogen-bond donors (Lipinski definition) is 2. The van der Waals surface area contributed by atoms with Crippen molar-refractivity contribution in [1.29, 1.82) is 0 Å². The van der Waals surface area contributed by atoms with E-state index in [4.69, 9.17) is 10.5 Å². The van der Waals surface area contributed by atoms with Gasteiger partial charge in [0, 0.05) is 11.1 Å². The van der Waals surface area contributed by atoms with E-state index in [2.05, 4.69) is 16.4 Å². The number of carbonyl (C=O) groups is 1. The molecule has 0 atom stereocenters. The van der Waals surface area contributed by atoms with Crippen LogP contribution in [-0.4, -0.2) is 24.0 Å². The van der Waals surface area contributed by atoms with E-state index in [1.807, 2.05) is 54.6 Å². The van der Waals surface area contributed by atoms with Crippen molar-refractivity contribution in [2.24, 2.45) is 5.73 Å². The summed E-state index contributed by atoms with van der Waals surface area (Å²) in [4.78, 5) is 16.5. The maximum absolute atomic E-state index is 12.0. The molecule has 3 aromatic rings. The van der Waals surface area contributed by atoms with Gasteiger partial charge in [-0.05, 0) is 73.8 Å². The summed E-state index contributed by atoms with van der Waals surface area (Å²) in [6, 6.07) is 19.2. The lowest BCUT2D eigenvalue weighted by molar-refractivity contribution is 0.100. The van der Waals surface area contributed by atoms with E-state index in [0.717, 1.165) is 37.2 Å². The van der Waals surface area contributed by atoms with Crippen molar-refractivity contribution < 1.29 is 9.53 Å². The first-order valence-electron chi connectivity index (χ1n) is 9.54. The van der Waals surface area contributed by atoms with Gasteiger partial charge < -0.3 is 15.8 Å². The Morgan fingerprint density at radius 2 is 1.79 bits per heavy atom. The summed E-state index contributed by atoms with van der Waals surface area (Å²) in [7, 11) is 0. The summed E-state index contributed by atoms with van der Waals surface area (Å²) in [5.41, 5.74) is 8.81. The van der Waals surface area contributed by atoms with Crippen molar-refractivity contribution in [1.82, 2.24) is 10.3 Å². The second-order valence-corrected chi connectivity index (χ2v) is 6.99. The average molecular weight is 373 g/mol. The standard InChI is InChI=1S/C23H23N3O2/c24-23(27)20-8-6-17(16-10-12-25-13-11-16)14-21(20)22-9-7-19(15-26-22)28-18-4-2-1-3-5-18/h1-9,14-16,25H,10-13H2,(H2,24,27). The largest absolute Gasteiger partial charge is 0.456 e. The van der Waals surface area contributed by atoms with Crippen molar-refractivity contribution in [3.63, 3.8) is 0 Å². The van der Waals surface area contributed by atoms with Crippen LogP contribution in [0.3, 0.4) is 0 Å². The third-order valence-corrected chi connectivity index (χ3v) is 5.11. The van der Waals surface area contributed by atoms with Gasteiger partial charge in [0.1, 0.15) is 11.5 Å². The van der Waals surface area contributed by atoms with E-state index in [1.54, 1.807) is 6.20 Å². The van der Waals surface area contributed by atoms with E-state index in [1.165, 1.54) is 5.56 Å². The zero-order valence-corrected chi connectivity index (χ0v) is 15.6. The first kappa shape index (κ1) is 18.2. The molecule has 4 rings (SSSR count). The Labute approximate surface area is 164 Å². The molecule has 142 valence electrons. The Morgan fingerprint density at radius 3 is 2.46 bits per heavy atom. The molecule has 1 aliphatic rings. The molecule has 2 aromatic carbocycles. The van der Waals surface area contributed by atoms with Gasteiger partial charge in [-0.1, -0.05) is 24.3 Å². The lowest BCUT2D eigenvalue weighted by atomic mass is 9.87. The maximum Gasteiger partial charge on any atom is 0.249 e. The third-order valence-electron chi connectivity index (χ3n) is 5.11. The van der Waals surface area contributed by atoms with Crippen molar-refractivity contribution in [2.75, 3.05) is 13.1 Å². The molecule has 3 N–H and O–H groups in total. The molecule has 1 fully saturated rings. The van der Waals surface area contributed by atoms with Gasteiger partial charge in [-0.25, -0.2) is 0 Å². The number of nitrogens with two attached hydrogens (primary N) is 1. The first-order valence-corrected chi connectivity index (χ1v) is 9.54. The number of primary amides is 1. The number of benzene rings is 2. The van der Waals surface area contributed by atoms with Gasteiger partial charge in [-0.15, -0.1) is 0 Å². The van der Waals surface area contributed by atoms with Crippen LogP contribution in [0.2, 0.25) is 0 Å². The molecule has 0 spiro atoms. The van der Waals surface area contributed by atoms with Gasteiger partial charge >= 0.3 is 0 Å². The molecule has 0 aliphatic carbocycles. The molecule has 2 heterocycles. The fraction of sp³-hybridized carbons (Fsp3) is 0.217. The van der Waals surface area contributed by atoms with Crippen LogP contribution in [0.25, 0.3) is 11.3 Å². The monoisotopic (exact) mass is 373 g/mol. The molecule has 5 nitrogen and oxygen atoms in total. The van der Waals surface area contributed by atoms with E-state index in [9.17, 15) is 4.79 Å². The SMILES string of the molecule is NC(=O)c1ccc(C2CCNCC2)cc1-c1ccc(Oc2ccccc2)cn1. The highest BCUT2D eigenvalue weighted by Crippen LogP contribution is 2.31. The fourth-order valence-corrected chi connectivity index (χ4v) is 3.62. The highest BCUT2D eigenvalue weighted by atomic mass is 16.5. The van der Waals surface area contributed by atoms with Gasteiger partial charge in [0.2, 0.25) is 5.91 Å². The van der Waals surface area contributed by atoms with Crippen LogP contribution >= 0.6 is 0 Å². The smallest absolute Gasteiger partial charge is 0.249 e. The minimum absolute atomic E-state index is 0.446. The first-order chi connectivity index (χ1) is 13.7. The molecule has 28 heavy (non-hydrogen) atoms. The molecular formula is C23H23N3O2. The summed E-state index contributed by atoms with van der Waals surface area (Å²) in [5.74, 6) is 1.44. The minimum Gasteiger partial charge on any atom is -0.456 e. The molecule has 1 saturated heterocycles. The number of aromatic nitrogens is 1. The molecule has 0 radical (unpaired) electrons. The van der Waals surface area contributed by atoms with Crippen LogP contribution < -0.4 is 15.8 Å². The molecule has 1 aliphatic heterocycles. The molecule has 1 aromatic heterocycles. The van der Waals surface area contributed by atoms with E-state index < -0.39 is 5.91 Å². The van der Waals surface area contributed by atoms with E-state index in [0.29, 0.717) is 22.9 Å². The van der Waals surface area contributed by atoms with Crippen molar-refractivity contribution in [2.45, 2.75) is 18.8 Å². The number of nitrogens with one attached hydrogen (secondary N) is 1. The number of ether oxygens (including phenoxy) is 1. The second-order valence-electron chi connectivity index (χ2n) is 6.99. The normalized spacial score (nSPS) is 14.6. The topological polar surface area (TPSA) is 77.2 Å². The Balaban J connectivity index is 1.63. The van der Waals surface area contributed by atoms with Crippen molar-refractivity contribution in [3.8, 4) is 22.8 Å². The van der Waals surface area contributed by atoms with Crippen LogP contribution in [0.1, 0.15) is 34.7 Å². The number of carbonyl (C=O) groups excluding carboxylic acids is 1. The van der Waals surface area contributed by atoms with Gasteiger partial charge in [-0.2, -0.15) is 0 Å². The van der Waals surface area contributed by atoms with E-state index >= 15 is 0 Å². The van der Waals surface area contributed by atoms with Crippen LogP contribution in [0.5, 0.6) is 11.5 Å². The third kappa shape index (κ3) is 4.05. The maximum atomic E-state index is 12.0.